The fourth-order valence-corrected chi connectivity index (χ4v) is 3.98. The lowest BCUT2D eigenvalue weighted by molar-refractivity contribution is 0.177. The van der Waals surface area contributed by atoms with Crippen LogP contribution in [0.15, 0.2) is 4.99 Å². The fourth-order valence-electron chi connectivity index (χ4n) is 3.98. The van der Waals surface area contributed by atoms with Crippen LogP contribution in [-0.4, -0.2) is 71.5 Å². The van der Waals surface area contributed by atoms with Crippen LogP contribution in [0, 0.1) is 5.92 Å². The second kappa shape index (κ2) is 10.0. The van der Waals surface area contributed by atoms with Crippen LogP contribution in [0.2, 0.25) is 0 Å². The summed E-state index contributed by atoms with van der Waals surface area (Å²) in [6, 6.07) is 0.322. The number of nitrogens with zero attached hydrogens (tertiary/aromatic N) is 5. The van der Waals surface area contributed by atoms with Crippen molar-refractivity contribution in [2.24, 2.45) is 10.9 Å². The highest BCUT2D eigenvalue weighted by molar-refractivity contribution is 5.80. The average molecular weight is 378 g/mol. The predicted molar refractivity (Wildman–Crippen MR) is 107 cm³/mol. The number of piperidine rings is 1. The van der Waals surface area contributed by atoms with E-state index in [-0.39, 0.29) is 0 Å². The summed E-state index contributed by atoms with van der Waals surface area (Å²) in [5.41, 5.74) is 0. The molecule has 0 amide bonds. The van der Waals surface area contributed by atoms with Gasteiger partial charge >= 0.3 is 0 Å². The van der Waals surface area contributed by atoms with Crippen molar-refractivity contribution in [2.45, 2.75) is 58.7 Å². The highest BCUT2D eigenvalue weighted by Crippen LogP contribution is 2.15. The Bertz CT molecular complexity index is 615. The summed E-state index contributed by atoms with van der Waals surface area (Å²) in [5.74, 6) is 3.55. The molecular formula is C19H35N7O. The van der Waals surface area contributed by atoms with Crippen LogP contribution in [0.3, 0.4) is 0 Å². The number of guanidine groups is 1. The number of likely N-dealkylation sites (tertiary alicyclic amines) is 1. The normalized spacial score (nSPS) is 23.9. The number of nitrogens with one attached hydrogen (secondary N) is 2. The fraction of sp³-hybridized carbons (Fsp3) is 0.842. The van der Waals surface area contributed by atoms with Crippen LogP contribution >= 0.6 is 0 Å². The van der Waals surface area contributed by atoms with Gasteiger partial charge in [-0.1, -0.05) is 6.92 Å². The number of rotatable bonds is 7. The van der Waals surface area contributed by atoms with E-state index in [1.165, 1.54) is 25.9 Å². The molecule has 0 aliphatic carbocycles. The Kier molecular flexibility index (Phi) is 7.46. The molecule has 8 heteroatoms. The minimum atomic E-state index is 0.322. The standard InChI is InChI=1S/C19H35N7O/c1-4-20-19(21-9-11-25-10-5-6-15(2)12-25)22-16-7-8-18-23-17(14-27-3)24-26(18)13-16/h15-16H,4-14H2,1-3H3,(H2,20,21,22). The molecule has 2 aliphatic rings. The maximum atomic E-state index is 5.14. The van der Waals surface area contributed by atoms with E-state index in [2.05, 4.69) is 39.5 Å². The lowest BCUT2D eigenvalue weighted by Crippen LogP contribution is -2.47. The molecule has 0 radical (unpaired) electrons. The molecule has 2 unspecified atom stereocenters. The number of methoxy groups -OCH3 is 1. The first-order valence-electron chi connectivity index (χ1n) is 10.4. The smallest absolute Gasteiger partial charge is 0.191 e. The molecule has 8 nitrogen and oxygen atoms in total. The minimum Gasteiger partial charge on any atom is -0.377 e. The lowest BCUT2D eigenvalue weighted by Gasteiger charge is -2.30. The zero-order valence-electron chi connectivity index (χ0n) is 17.1. The van der Waals surface area contributed by atoms with Gasteiger partial charge in [0.15, 0.2) is 11.8 Å². The van der Waals surface area contributed by atoms with Crippen molar-refractivity contribution in [3.05, 3.63) is 11.6 Å². The van der Waals surface area contributed by atoms with Crippen molar-refractivity contribution in [1.29, 1.82) is 0 Å². The molecule has 2 aliphatic heterocycles. The van der Waals surface area contributed by atoms with E-state index in [0.717, 1.165) is 62.5 Å². The first kappa shape index (κ1) is 20.1. The Morgan fingerprint density at radius 1 is 1.33 bits per heavy atom. The summed E-state index contributed by atoms with van der Waals surface area (Å²) in [6.45, 7) is 10.9. The van der Waals surface area contributed by atoms with Crippen LogP contribution in [0.1, 0.15) is 44.8 Å². The topological polar surface area (TPSA) is 79.6 Å². The van der Waals surface area contributed by atoms with Crippen molar-refractivity contribution in [3.63, 3.8) is 0 Å². The second-order valence-electron chi connectivity index (χ2n) is 7.75. The van der Waals surface area contributed by atoms with Gasteiger partial charge in [0, 0.05) is 39.2 Å². The van der Waals surface area contributed by atoms with Crippen LogP contribution in [0.4, 0.5) is 0 Å². The summed E-state index contributed by atoms with van der Waals surface area (Å²) in [4.78, 5) is 11.9. The Hall–Kier alpha value is -1.67. The quantitative estimate of drug-likeness (QED) is 0.546. The summed E-state index contributed by atoms with van der Waals surface area (Å²) in [6.07, 6.45) is 4.65. The molecule has 0 saturated carbocycles. The van der Waals surface area contributed by atoms with Gasteiger partial charge in [-0.3, -0.25) is 4.99 Å². The van der Waals surface area contributed by atoms with Crippen molar-refractivity contribution < 1.29 is 4.74 Å². The maximum Gasteiger partial charge on any atom is 0.191 e. The monoisotopic (exact) mass is 377 g/mol. The number of hydrogen-bond donors (Lipinski definition) is 2. The number of aliphatic imine (C=N–C) groups is 1. The zero-order chi connectivity index (χ0) is 19.1. The third-order valence-electron chi connectivity index (χ3n) is 5.29. The van der Waals surface area contributed by atoms with Gasteiger partial charge in [0.2, 0.25) is 0 Å². The second-order valence-corrected chi connectivity index (χ2v) is 7.75. The van der Waals surface area contributed by atoms with Crippen molar-refractivity contribution in [1.82, 2.24) is 30.3 Å². The SMILES string of the molecule is CCNC(=NCCN1CCCC(C)C1)NC1CCc2nc(COC)nn2C1. The lowest BCUT2D eigenvalue weighted by atomic mass is 10.0. The zero-order valence-corrected chi connectivity index (χ0v) is 17.1. The average Bonchev–Trinajstić information content (AvgIpc) is 3.04. The molecule has 0 aromatic carbocycles. The summed E-state index contributed by atoms with van der Waals surface area (Å²) in [5, 5.41) is 11.5. The molecular weight excluding hydrogens is 342 g/mol. The van der Waals surface area contributed by atoms with E-state index in [1.54, 1.807) is 7.11 Å². The van der Waals surface area contributed by atoms with E-state index in [1.807, 2.05) is 4.68 Å². The molecule has 2 atom stereocenters. The van der Waals surface area contributed by atoms with Crippen molar-refractivity contribution in [2.75, 3.05) is 39.8 Å². The maximum absolute atomic E-state index is 5.14. The predicted octanol–water partition coefficient (Wildman–Crippen LogP) is 1.03. The molecule has 1 fully saturated rings. The van der Waals surface area contributed by atoms with Crippen LogP contribution in [0.25, 0.3) is 0 Å². The summed E-state index contributed by atoms with van der Waals surface area (Å²) in [7, 11) is 1.67. The molecule has 152 valence electrons. The van der Waals surface area contributed by atoms with Crippen LogP contribution in [0.5, 0.6) is 0 Å². The van der Waals surface area contributed by atoms with E-state index in [9.17, 15) is 0 Å². The minimum absolute atomic E-state index is 0.322. The van der Waals surface area contributed by atoms with Gasteiger partial charge in [-0.05, 0) is 38.6 Å². The van der Waals surface area contributed by atoms with E-state index < -0.39 is 0 Å². The van der Waals surface area contributed by atoms with Crippen molar-refractivity contribution >= 4 is 5.96 Å². The largest absolute Gasteiger partial charge is 0.377 e. The third kappa shape index (κ3) is 5.90. The van der Waals surface area contributed by atoms with E-state index in [0.29, 0.717) is 12.6 Å². The molecule has 1 aromatic rings. The van der Waals surface area contributed by atoms with Gasteiger partial charge in [0.05, 0.1) is 13.1 Å². The number of aryl methyl sites for hydroxylation is 1. The Morgan fingerprint density at radius 2 is 2.22 bits per heavy atom. The van der Waals surface area contributed by atoms with Gasteiger partial charge in [-0.15, -0.1) is 0 Å². The molecule has 2 N–H and O–H groups in total. The number of aromatic nitrogens is 3. The highest BCUT2D eigenvalue weighted by Gasteiger charge is 2.22. The molecule has 1 aromatic heterocycles. The Balaban J connectivity index is 1.51. The molecule has 1 saturated heterocycles. The highest BCUT2D eigenvalue weighted by atomic mass is 16.5. The Labute approximate surface area is 162 Å². The molecule has 0 spiro atoms. The van der Waals surface area contributed by atoms with E-state index in [4.69, 9.17) is 9.73 Å². The molecule has 3 rings (SSSR count). The van der Waals surface area contributed by atoms with Crippen molar-refractivity contribution in [3.8, 4) is 0 Å². The first-order chi connectivity index (χ1) is 13.2. The summed E-state index contributed by atoms with van der Waals surface area (Å²) < 4.78 is 7.15. The van der Waals surface area contributed by atoms with Gasteiger partial charge < -0.3 is 20.3 Å². The van der Waals surface area contributed by atoms with Crippen LogP contribution in [-0.2, 0) is 24.3 Å². The first-order valence-corrected chi connectivity index (χ1v) is 10.4. The Morgan fingerprint density at radius 3 is 3.00 bits per heavy atom. The van der Waals surface area contributed by atoms with Gasteiger partial charge in [-0.25, -0.2) is 9.67 Å². The molecule has 0 bridgehead atoms. The number of ether oxygens (including phenoxy) is 1. The number of fused-ring (bicyclic) bond motifs is 1. The van der Waals surface area contributed by atoms with Crippen LogP contribution < -0.4 is 10.6 Å². The summed E-state index contributed by atoms with van der Waals surface area (Å²) >= 11 is 0. The molecule has 27 heavy (non-hydrogen) atoms. The number of hydrogen-bond acceptors (Lipinski definition) is 5. The third-order valence-corrected chi connectivity index (χ3v) is 5.29. The van der Waals surface area contributed by atoms with E-state index >= 15 is 0 Å². The van der Waals surface area contributed by atoms with Gasteiger partial charge in [0.25, 0.3) is 0 Å². The van der Waals surface area contributed by atoms with Gasteiger partial charge in [-0.2, -0.15) is 5.10 Å². The molecule has 3 heterocycles. The van der Waals surface area contributed by atoms with Gasteiger partial charge in [0.1, 0.15) is 12.4 Å².